The van der Waals surface area contributed by atoms with Gasteiger partial charge < -0.3 is 5.32 Å². The summed E-state index contributed by atoms with van der Waals surface area (Å²) < 4.78 is 62.2. The Kier molecular flexibility index (Phi) is 5.79. The number of anilines is 1. The summed E-state index contributed by atoms with van der Waals surface area (Å²) in [5, 5.41) is 6.40. The monoisotopic (exact) mass is 465 g/mol. The van der Waals surface area contributed by atoms with Crippen LogP contribution in [0.5, 0.6) is 0 Å². The molecule has 2 N–H and O–H groups in total. The van der Waals surface area contributed by atoms with Crippen LogP contribution in [-0.2, 0) is 16.0 Å². The standard InChI is InChI=1S/C17H12Cl2F3N3O3S/c18-10-7-12-14(5-6-29(27,28)15(12)13(19)8-10)24-25-16(26)23-11-3-1-9(2-4-11)17(20,21)22/h1-4,7-8H,5-6H2,(H2,23,25,26)/b24-14+. The minimum atomic E-state index is -4.48. The van der Waals surface area contributed by atoms with Gasteiger partial charge in [-0.2, -0.15) is 18.3 Å². The maximum Gasteiger partial charge on any atom is 0.416 e. The lowest BCUT2D eigenvalue weighted by atomic mass is 10.1. The molecule has 0 aromatic heterocycles. The summed E-state index contributed by atoms with van der Waals surface area (Å²) in [5.74, 6) is -0.248. The highest BCUT2D eigenvalue weighted by Crippen LogP contribution is 2.34. The molecule has 3 rings (SSSR count). The Hall–Kier alpha value is -2.30. The van der Waals surface area contributed by atoms with E-state index in [-0.39, 0.29) is 44.1 Å². The minimum Gasteiger partial charge on any atom is -0.307 e. The molecule has 0 aliphatic carbocycles. The van der Waals surface area contributed by atoms with Gasteiger partial charge in [-0.05, 0) is 36.4 Å². The highest BCUT2D eigenvalue weighted by Gasteiger charge is 2.31. The number of fused-ring (bicyclic) bond motifs is 1. The smallest absolute Gasteiger partial charge is 0.307 e. The first-order chi connectivity index (χ1) is 13.5. The summed E-state index contributed by atoms with van der Waals surface area (Å²) in [6, 6.07) is 5.71. The lowest BCUT2D eigenvalue weighted by Gasteiger charge is -2.19. The maximum absolute atomic E-state index is 12.6. The van der Waals surface area contributed by atoms with Gasteiger partial charge in [0, 0.05) is 22.7 Å². The van der Waals surface area contributed by atoms with Crippen molar-refractivity contribution in [3.8, 4) is 0 Å². The Bertz CT molecular complexity index is 1100. The molecule has 1 heterocycles. The number of benzene rings is 2. The number of nitrogens with zero attached hydrogens (tertiary/aromatic N) is 1. The van der Waals surface area contributed by atoms with E-state index in [9.17, 15) is 26.4 Å². The first kappa shape index (κ1) is 21.4. The van der Waals surface area contributed by atoms with E-state index in [4.69, 9.17) is 23.2 Å². The molecule has 0 bridgehead atoms. The van der Waals surface area contributed by atoms with Gasteiger partial charge >= 0.3 is 12.2 Å². The highest BCUT2D eigenvalue weighted by atomic mass is 35.5. The number of sulfone groups is 1. The Morgan fingerprint density at radius 1 is 1.10 bits per heavy atom. The van der Waals surface area contributed by atoms with E-state index in [2.05, 4.69) is 15.8 Å². The molecule has 0 radical (unpaired) electrons. The fourth-order valence-corrected chi connectivity index (χ4v) is 5.07. The fraction of sp³-hybridized carbons (Fsp3) is 0.176. The minimum absolute atomic E-state index is 0.0204. The molecular formula is C17H12Cl2F3N3O3S. The van der Waals surface area contributed by atoms with E-state index in [0.29, 0.717) is 0 Å². The number of hydrogen-bond acceptors (Lipinski definition) is 4. The van der Waals surface area contributed by atoms with Crippen LogP contribution in [0.1, 0.15) is 17.5 Å². The van der Waals surface area contributed by atoms with Gasteiger partial charge in [-0.1, -0.05) is 23.2 Å². The second kappa shape index (κ2) is 7.85. The summed E-state index contributed by atoms with van der Waals surface area (Å²) in [4.78, 5) is 11.9. The van der Waals surface area contributed by atoms with Crippen LogP contribution < -0.4 is 10.7 Å². The molecule has 1 aliphatic rings. The molecule has 154 valence electrons. The van der Waals surface area contributed by atoms with Crippen molar-refractivity contribution in [2.75, 3.05) is 11.1 Å². The summed E-state index contributed by atoms with van der Waals surface area (Å²) in [7, 11) is -3.62. The van der Waals surface area contributed by atoms with E-state index in [1.807, 2.05) is 0 Å². The van der Waals surface area contributed by atoms with E-state index >= 15 is 0 Å². The summed E-state index contributed by atoms with van der Waals surface area (Å²) in [5.41, 5.74) is 1.89. The molecule has 0 saturated heterocycles. The lowest BCUT2D eigenvalue weighted by molar-refractivity contribution is -0.137. The van der Waals surface area contributed by atoms with Crippen LogP contribution in [0, 0.1) is 0 Å². The van der Waals surface area contributed by atoms with Crippen LogP contribution in [0.2, 0.25) is 10.0 Å². The number of carbonyl (C=O) groups excluding carboxylic acids is 1. The van der Waals surface area contributed by atoms with Crippen molar-refractivity contribution in [2.24, 2.45) is 5.10 Å². The molecule has 2 amide bonds. The molecule has 0 atom stereocenters. The van der Waals surface area contributed by atoms with E-state index in [0.717, 1.165) is 24.3 Å². The second-order valence-electron chi connectivity index (χ2n) is 6.03. The molecule has 2 aromatic carbocycles. The SMILES string of the molecule is O=C(N/N=C1\CCS(=O)(=O)c2c(Cl)cc(Cl)cc21)Nc1ccc(C(F)(F)F)cc1. The lowest BCUT2D eigenvalue weighted by Crippen LogP contribution is -2.28. The van der Waals surface area contributed by atoms with Crippen molar-refractivity contribution in [3.05, 3.63) is 57.6 Å². The van der Waals surface area contributed by atoms with Crippen LogP contribution >= 0.6 is 23.2 Å². The maximum atomic E-state index is 12.6. The van der Waals surface area contributed by atoms with Gasteiger partial charge in [0.15, 0.2) is 9.84 Å². The summed E-state index contributed by atoms with van der Waals surface area (Å²) in [6.07, 6.45) is -4.46. The van der Waals surface area contributed by atoms with Crippen LogP contribution in [0.3, 0.4) is 0 Å². The van der Waals surface area contributed by atoms with Crippen molar-refractivity contribution < 1.29 is 26.4 Å². The zero-order valence-electron chi connectivity index (χ0n) is 14.3. The Morgan fingerprint density at radius 3 is 2.38 bits per heavy atom. The Labute approximate surface area is 173 Å². The van der Waals surface area contributed by atoms with Gasteiger partial charge in [-0.25, -0.2) is 18.6 Å². The van der Waals surface area contributed by atoms with Crippen molar-refractivity contribution in [3.63, 3.8) is 0 Å². The normalized spacial score (nSPS) is 16.9. The van der Waals surface area contributed by atoms with Gasteiger partial charge in [0.1, 0.15) is 0 Å². The number of hydrazone groups is 1. The average Bonchev–Trinajstić information content (AvgIpc) is 2.59. The molecule has 1 aliphatic heterocycles. The van der Waals surface area contributed by atoms with E-state index in [1.54, 1.807) is 0 Å². The quantitative estimate of drug-likeness (QED) is 0.629. The molecule has 29 heavy (non-hydrogen) atoms. The third-order valence-corrected chi connectivity index (χ3v) is 6.43. The van der Waals surface area contributed by atoms with Crippen LogP contribution in [0.4, 0.5) is 23.7 Å². The fourth-order valence-electron chi connectivity index (χ4n) is 2.69. The van der Waals surface area contributed by atoms with Crippen molar-refractivity contribution in [1.82, 2.24) is 5.43 Å². The number of urea groups is 1. The van der Waals surface area contributed by atoms with E-state index in [1.165, 1.54) is 12.1 Å². The zero-order valence-corrected chi connectivity index (χ0v) is 16.7. The molecule has 12 heteroatoms. The topological polar surface area (TPSA) is 87.6 Å². The molecule has 0 unspecified atom stereocenters. The predicted molar refractivity (Wildman–Crippen MR) is 103 cm³/mol. The van der Waals surface area contributed by atoms with Crippen molar-refractivity contribution in [2.45, 2.75) is 17.5 Å². The number of nitrogens with one attached hydrogen (secondary N) is 2. The largest absolute Gasteiger partial charge is 0.416 e. The molecular weight excluding hydrogens is 454 g/mol. The number of amides is 2. The highest BCUT2D eigenvalue weighted by molar-refractivity contribution is 7.91. The second-order valence-corrected chi connectivity index (χ2v) is 8.92. The van der Waals surface area contributed by atoms with Gasteiger partial charge in [-0.15, -0.1) is 0 Å². The summed E-state index contributed by atoms with van der Waals surface area (Å²) >= 11 is 12.0. The van der Waals surface area contributed by atoms with Crippen molar-refractivity contribution in [1.29, 1.82) is 0 Å². The number of halogens is 5. The van der Waals surface area contributed by atoms with Crippen molar-refractivity contribution >= 4 is 50.5 Å². The third kappa shape index (κ3) is 4.82. The Balaban J connectivity index is 1.78. The predicted octanol–water partition coefficient (Wildman–Crippen LogP) is 4.72. The first-order valence-corrected chi connectivity index (χ1v) is 10.4. The van der Waals surface area contributed by atoms with Crippen LogP contribution in [-0.4, -0.2) is 25.9 Å². The van der Waals surface area contributed by atoms with Crippen LogP contribution in [0.25, 0.3) is 0 Å². The molecule has 6 nitrogen and oxygen atoms in total. The zero-order chi connectivity index (χ0) is 21.4. The molecule has 0 fully saturated rings. The van der Waals surface area contributed by atoms with E-state index < -0.39 is 27.6 Å². The van der Waals surface area contributed by atoms with Crippen LogP contribution in [0.15, 0.2) is 46.4 Å². The Morgan fingerprint density at radius 2 is 1.76 bits per heavy atom. The van der Waals surface area contributed by atoms with Gasteiger partial charge in [0.2, 0.25) is 0 Å². The third-order valence-electron chi connectivity index (χ3n) is 4.00. The number of rotatable bonds is 2. The number of hydrogen-bond donors (Lipinski definition) is 2. The number of alkyl halides is 3. The molecule has 0 saturated carbocycles. The molecule has 2 aromatic rings. The van der Waals surface area contributed by atoms with Gasteiger partial charge in [-0.3, -0.25) is 0 Å². The van der Waals surface area contributed by atoms with Gasteiger partial charge in [0.25, 0.3) is 0 Å². The average molecular weight is 466 g/mol. The summed E-state index contributed by atoms with van der Waals surface area (Å²) in [6.45, 7) is 0. The first-order valence-electron chi connectivity index (χ1n) is 8.00. The molecule has 0 spiro atoms. The van der Waals surface area contributed by atoms with Gasteiger partial charge in [0.05, 0.1) is 26.9 Å². The number of carbonyl (C=O) groups is 1.